The molecule has 3 rings (SSSR count). The molecule has 2 heterocycles. The third kappa shape index (κ3) is 5.94. The fourth-order valence-corrected chi connectivity index (χ4v) is 3.56. The van der Waals surface area contributed by atoms with Crippen molar-refractivity contribution in [3.05, 3.63) is 29.8 Å². The van der Waals surface area contributed by atoms with E-state index in [0.717, 1.165) is 77.9 Å². The minimum absolute atomic E-state index is 0.272. The Morgan fingerprint density at radius 2 is 1.48 bits per heavy atom. The summed E-state index contributed by atoms with van der Waals surface area (Å²) in [5.41, 5.74) is 1.32. The van der Waals surface area contributed by atoms with Crippen LogP contribution in [0.4, 0.5) is 0 Å². The van der Waals surface area contributed by atoms with Crippen LogP contribution in [0, 0.1) is 0 Å². The van der Waals surface area contributed by atoms with Crippen molar-refractivity contribution >= 4 is 0 Å². The number of rotatable bonds is 7. The Labute approximate surface area is 150 Å². The van der Waals surface area contributed by atoms with E-state index in [1.54, 1.807) is 7.11 Å². The molecule has 1 N–H and O–H groups in total. The van der Waals surface area contributed by atoms with Crippen LogP contribution in [0.3, 0.4) is 0 Å². The minimum Gasteiger partial charge on any atom is -0.497 e. The van der Waals surface area contributed by atoms with Crippen molar-refractivity contribution in [3.63, 3.8) is 0 Å². The van der Waals surface area contributed by atoms with Crippen molar-refractivity contribution in [2.75, 3.05) is 72.7 Å². The molecular weight excluding hydrogens is 318 g/mol. The Morgan fingerprint density at radius 1 is 0.920 bits per heavy atom. The van der Waals surface area contributed by atoms with Gasteiger partial charge in [0.15, 0.2) is 0 Å². The van der Waals surface area contributed by atoms with Crippen LogP contribution in [0.1, 0.15) is 5.56 Å². The number of benzene rings is 1. The second-order valence-corrected chi connectivity index (χ2v) is 6.99. The van der Waals surface area contributed by atoms with E-state index in [1.807, 2.05) is 12.1 Å². The van der Waals surface area contributed by atoms with Crippen LogP contribution < -0.4 is 4.74 Å². The van der Waals surface area contributed by atoms with Crippen molar-refractivity contribution in [1.82, 2.24) is 14.7 Å². The van der Waals surface area contributed by atoms with Gasteiger partial charge in [0.05, 0.1) is 26.4 Å². The lowest BCUT2D eigenvalue weighted by molar-refractivity contribution is 0.00218. The number of β-amino-alcohol motifs (C(OH)–C–C–N with tert-alkyl or cyclic N) is 1. The maximum atomic E-state index is 10.4. The molecule has 0 radical (unpaired) electrons. The molecular formula is C19H31N3O3. The summed E-state index contributed by atoms with van der Waals surface area (Å²) in [6.07, 6.45) is -0.272. The molecule has 25 heavy (non-hydrogen) atoms. The summed E-state index contributed by atoms with van der Waals surface area (Å²) in [6.45, 7) is 10.1. The quantitative estimate of drug-likeness (QED) is 0.774. The van der Waals surface area contributed by atoms with E-state index in [4.69, 9.17) is 9.47 Å². The number of hydrogen-bond acceptors (Lipinski definition) is 6. The lowest BCUT2D eigenvalue weighted by atomic mass is 10.2. The Balaban J connectivity index is 1.36. The Bertz CT molecular complexity index is 497. The number of methoxy groups -OCH3 is 1. The molecule has 0 amide bonds. The van der Waals surface area contributed by atoms with Crippen LogP contribution in [0.25, 0.3) is 0 Å². The van der Waals surface area contributed by atoms with Gasteiger partial charge in [0.25, 0.3) is 0 Å². The largest absolute Gasteiger partial charge is 0.497 e. The summed E-state index contributed by atoms with van der Waals surface area (Å²) in [5, 5.41) is 10.4. The number of aliphatic hydroxyl groups is 1. The van der Waals surface area contributed by atoms with Gasteiger partial charge in [-0.3, -0.25) is 14.7 Å². The highest BCUT2D eigenvalue weighted by molar-refractivity contribution is 5.27. The number of morpholine rings is 1. The summed E-state index contributed by atoms with van der Waals surface area (Å²) in [7, 11) is 1.70. The summed E-state index contributed by atoms with van der Waals surface area (Å²) in [5.74, 6) is 0.905. The lowest BCUT2D eigenvalue weighted by Gasteiger charge is -2.36. The van der Waals surface area contributed by atoms with Crippen molar-refractivity contribution in [3.8, 4) is 5.75 Å². The van der Waals surface area contributed by atoms with Gasteiger partial charge in [0.1, 0.15) is 5.75 Å². The molecule has 2 saturated heterocycles. The molecule has 0 aliphatic carbocycles. The molecule has 140 valence electrons. The molecule has 0 bridgehead atoms. The van der Waals surface area contributed by atoms with E-state index in [-0.39, 0.29) is 6.10 Å². The molecule has 1 aromatic rings. The lowest BCUT2D eigenvalue weighted by Crippen LogP contribution is -2.50. The molecule has 2 aliphatic rings. The van der Waals surface area contributed by atoms with Crippen LogP contribution in [0.2, 0.25) is 0 Å². The molecule has 1 atom stereocenters. The topological polar surface area (TPSA) is 48.4 Å². The van der Waals surface area contributed by atoms with Gasteiger partial charge in [-0.1, -0.05) is 12.1 Å². The summed E-state index contributed by atoms with van der Waals surface area (Å²) >= 11 is 0. The second-order valence-electron chi connectivity index (χ2n) is 6.99. The number of nitrogens with zero attached hydrogens (tertiary/aromatic N) is 3. The fourth-order valence-electron chi connectivity index (χ4n) is 3.56. The zero-order chi connectivity index (χ0) is 17.5. The van der Waals surface area contributed by atoms with E-state index in [0.29, 0.717) is 0 Å². The first-order valence-corrected chi connectivity index (χ1v) is 9.29. The van der Waals surface area contributed by atoms with Crippen molar-refractivity contribution in [1.29, 1.82) is 0 Å². The van der Waals surface area contributed by atoms with Crippen LogP contribution in [-0.2, 0) is 11.3 Å². The minimum atomic E-state index is -0.272. The number of hydrogen-bond donors (Lipinski definition) is 1. The molecule has 1 unspecified atom stereocenters. The monoisotopic (exact) mass is 349 g/mol. The first kappa shape index (κ1) is 18.6. The normalized spacial score (nSPS) is 22.0. The molecule has 2 aliphatic heterocycles. The smallest absolute Gasteiger partial charge is 0.118 e. The fraction of sp³-hybridized carbons (Fsp3) is 0.684. The van der Waals surface area contributed by atoms with Gasteiger partial charge in [-0.15, -0.1) is 0 Å². The Kier molecular flexibility index (Phi) is 7.07. The summed E-state index contributed by atoms with van der Waals surface area (Å²) < 4.78 is 10.6. The van der Waals surface area contributed by atoms with E-state index in [9.17, 15) is 5.11 Å². The first-order valence-electron chi connectivity index (χ1n) is 9.29. The highest BCUT2D eigenvalue weighted by atomic mass is 16.5. The van der Waals surface area contributed by atoms with Crippen molar-refractivity contribution in [2.45, 2.75) is 12.6 Å². The van der Waals surface area contributed by atoms with Crippen LogP contribution in [-0.4, -0.2) is 98.6 Å². The highest BCUT2D eigenvalue weighted by Gasteiger charge is 2.21. The van der Waals surface area contributed by atoms with Gasteiger partial charge in [-0.2, -0.15) is 0 Å². The predicted molar refractivity (Wildman–Crippen MR) is 98.0 cm³/mol. The van der Waals surface area contributed by atoms with Gasteiger partial charge in [-0.05, 0) is 17.7 Å². The van der Waals surface area contributed by atoms with E-state index in [2.05, 4.69) is 26.8 Å². The summed E-state index contributed by atoms with van der Waals surface area (Å²) in [4.78, 5) is 7.16. The highest BCUT2D eigenvalue weighted by Crippen LogP contribution is 2.14. The van der Waals surface area contributed by atoms with Crippen LogP contribution in [0.5, 0.6) is 5.75 Å². The van der Waals surface area contributed by atoms with Gasteiger partial charge in [0.2, 0.25) is 0 Å². The molecule has 0 aromatic heterocycles. The Morgan fingerprint density at radius 3 is 2.08 bits per heavy atom. The van der Waals surface area contributed by atoms with Crippen LogP contribution >= 0.6 is 0 Å². The van der Waals surface area contributed by atoms with Crippen molar-refractivity contribution in [2.24, 2.45) is 0 Å². The van der Waals surface area contributed by atoms with Gasteiger partial charge in [0, 0.05) is 58.9 Å². The second kappa shape index (κ2) is 9.50. The van der Waals surface area contributed by atoms with E-state index < -0.39 is 0 Å². The Hall–Kier alpha value is -1.18. The van der Waals surface area contributed by atoms with Crippen LogP contribution in [0.15, 0.2) is 24.3 Å². The van der Waals surface area contributed by atoms with Gasteiger partial charge < -0.3 is 14.6 Å². The zero-order valence-electron chi connectivity index (χ0n) is 15.3. The maximum Gasteiger partial charge on any atom is 0.118 e. The van der Waals surface area contributed by atoms with Gasteiger partial charge in [-0.25, -0.2) is 0 Å². The molecule has 1 aromatic carbocycles. The standard InChI is InChI=1S/C19H31N3O3/c1-24-19-4-2-17(3-5-19)14-20-6-8-21(9-7-20)15-18(23)16-22-10-12-25-13-11-22/h2-5,18,23H,6-16H2,1H3. The van der Waals surface area contributed by atoms with E-state index in [1.165, 1.54) is 5.56 Å². The molecule has 0 saturated carbocycles. The number of piperazine rings is 1. The molecule has 2 fully saturated rings. The molecule has 6 nitrogen and oxygen atoms in total. The predicted octanol–water partition coefficient (Wildman–Crippen LogP) is 0.506. The third-order valence-electron chi connectivity index (χ3n) is 5.07. The molecule has 0 spiro atoms. The molecule has 6 heteroatoms. The first-order chi connectivity index (χ1) is 12.2. The zero-order valence-corrected chi connectivity index (χ0v) is 15.3. The maximum absolute atomic E-state index is 10.4. The summed E-state index contributed by atoms with van der Waals surface area (Å²) in [6, 6.07) is 8.32. The average molecular weight is 349 g/mol. The SMILES string of the molecule is COc1ccc(CN2CCN(CC(O)CN3CCOCC3)CC2)cc1. The third-order valence-corrected chi connectivity index (χ3v) is 5.07. The van der Waals surface area contributed by atoms with E-state index >= 15 is 0 Å². The average Bonchev–Trinajstić information content (AvgIpc) is 2.65. The number of aliphatic hydroxyl groups excluding tert-OH is 1. The van der Waals surface area contributed by atoms with Gasteiger partial charge >= 0.3 is 0 Å². The van der Waals surface area contributed by atoms with Crippen molar-refractivity contribution < 1.29 is 14.6 Å². The number of ether oxygens (including phenoxy) is 2.